The largest absolute Gasteiger partial charge is 0.350 e. The summed E-state index contributed by atoms with van der Waals surface area (Å²) in [5, 5.41) is 3.02. The molecule has 4 aromatic rings. The van der Waals surface area contributed by atoms with Gasteiger partial charge in [-0.25, -0.2) is 9.97 Å². The summed E-state index contributed by atoms with van der Waals surface area (Å²) in [6.07, 6.45) is 0.885. The molecule has 1 aromatic heterocycles. The topological polar surface area (TPSA) is 54.9 Å². The van der Waals surface area contributed by atoms with E-state index in [1.165, 1.54) is 5.56 Å². The van der Waals surface area contributed by atoms with Crippen LogP contribution in [0.25, 0.3) is 33.5 Å². The highest BCUT2D eigenvalue weighted by Crippen LogP contribution is 2.32. The number of benzene rings is 3. The van der Waals surface area contributed by atoms with Crippen LogP contribution in [-0.4, -0.2) is 21.9 Å². The van der Waals surface area contributed by atoms with Crippen molar-refractivity contribution < 1.29 is 4.79 Å². The lowest BCUT2D eigenvalue weighted by atomic mass is 10.0. The zero-order valence-electron chi connectivity index (χ0n) is 18.4. The second-order valence-electron chi connectivity index (χ2n) is 8.15. The minimum absolute atomic E-state index is 0.0853. The summed E-state index contributed by atoms with van der Waals surface area (Å²) in [5.74, 6) is -0.0853. The molecule has 4 heteroatoms. The zero-order valence-corrected chi connectivity index (χ0v) is 18.4. The van der Waals surface area contributed by atoms with Crippen molar-refractivity contribution in [2.45, 2.75) is 40.2 Å². The number of nitrogens with one attached hydrogen (secondary N) is 1. The Balaban J connectivity index is 1.89. The van der Waals surface area contributed by atoms with Gasteiger partial charge in [-0.15, -0.1) is 0 Å². The summed E-state index contributed by atoms with van der Waals surface area (Å²) < 4.78 is 0. The molecule has 1 N–H and O–H groups in total. The molecule has 0 aliphatic heterocycles. The van der Waals surface area contributed by atoms with Gasteiger partial charge in [-0.2, -0.15) is 0 Å². The van der Waals surface area contributed by atoms with E-state index < -0.39 is 0 Å². The van der Waals surface area contributed by atoms with Crippen LogP contribution < -0.4 is 5.32 Å². The molecule has 0 unspecified atom stereocenters. The lowest BCUT2D eigenvalue weighted by molar-refractivity contribution is 0.0939. The number of fused-ring (bicyclic) bond motifs is 1. The molecule has 1 amide bonds. The highest BCUT2D eigenvalue weighted by atomic mass is 16.1. The van der Waals surface area contributed by atoms with Crippen LogP contribution in [0.2, 0.25) is 0 Å². The van der Waals surface area contributed by atoms with Crippen LogP contribution in [0.1, 0.15) is 41.8 Å². The molecule has 4 nitrogen and oxygen atoms in total. The fraction of sp³-hybridized carbons (Fsp3) is 0.222. The summed E-state index contributed by atoms with van der Waals surface area (Å²) in [4.78, 5) is 22.6. The molecule has 0 bridgehead atoms. The molecule has 156 valence electrons. The summed E-state index contributed by atoms with van der Waals surface area (Å²) >= 11 is 0. The van der Waals surface area contributed by atoms with Gasteiger partial charge in [-0.05, 0) is 57.5 Å². The van der Waals surface area contributed by atoms with E-state index in [-0.39, 0.29) is 11.9 Å². The maximum atomic E-state index is 12.6. The molecule has 0 saturated heterocycles. The van der Waals surface area contributed by atoms with Crippen LogP contribution in [0, 0.1) is 13.8 Å². The quantitative estimate of drug-likeness (QED) is 0.433. The van der Waals surface area contributed by atoms with Crippen molar-refractivity contribution in [2.75, 3.05) is 0 Å². The molecule has 0 aliphatic rings. The first-order valence-electron chi connectivity index (χ1n) is 10.7. The molecular weight excluding hydrogens is 382 g/mol. The van der Waals surface area contributed by atoms with E-state index in [4.69, 9.17) is 9.97 Å². The Morgan fingerprint density at radius 2 is 1.42 bits per heavy atom. The van der Waals surface area contributed by atoms with Crippen molar-refractivity contribution >= 4 is 16.9 Å². The Bertz CT molecular complexity index is 1260. The number of hydrogen-bond acceptors (Lipinski definition) is 3. The van der Waals surface area contributed by atoms with Crippen molar-refractivity contribution in [3.8, 4) is 22.5 Å². The van der Waals surface area contributed by atoms with Gasteiger partial charge in [0.05, 0.1) is 22.4 Å². The van der Waals surface area contributed by atoms with E-state index >= 15 is 0 Å². The van der Waals surface area contributed by atoms with Crippen LogP contribution in [0.5, 0.6) is 0 Å². The highest BCUT2D eigenvalue weighted by molar-refractivity contribution is 5.98. The Morgan fingerprint density at radius 1 is 0.839 bits per heavy atom. The van der Waals surface area contributed by atoms with Gasteiger partial charge in [-0.1, -0.05) is 54.4 Å². The summed E-state index contributed by atoms with van der Waals surface area (Å²) in [7, 11) is 0. The van der Waals surface area contributed by atoms with Crippen LogP contribution in [0.4, 0.5) is 0 Å². The van der Waals surface area contributed by atoms with Crippen molar-refractivity contribution in [1.82, 2.24) is 15.3 Å². The second-order valence-corrected chi connectivity index (χ2v) is 8.15. The van der Waals surface area contributed by atoms with Crippen LogP contribution in [-0.2, 0) is 0 Å². The van der Waals surface area contributed by atoms with Gasteiger partial charge in [0.15, 0.2) is 0 Å². The van der Waals surface area contributed by atoms with Crippen molar-refractivity contribution in [2.24, 2.45) is 0 Å². The van der Waals surface area contributed by atoms with Crippen molar-refractivity contribution in [3.63, 3.8) is 0 Å². The van der Waals surface area contributed by atoms with Crippen LogP contribution >= 0.6 is 0 Å². The Labute approximate surface area is 183 Å². The van der Waals surface area contributed by atoms with E-state index in [0.717, 1.165) is 40.0 Å². The first-order chi connectivity index (χ1) is 14.9. The molecule has 0 saturated carbocycles. The molecule has 0 radical (unpaired) electrons. The van der Waals surface area contributed by atoms with E-state index in [2.05, 4.69) is 62.5 Å². The van der Waals surface area contributed by atoms with E-state index in [1.54, 1.807) is 0 Å². The lowest BCUT2D eigenvalue weighted by Gasteiger charge is -2.13. The molecule has 0 fully saturated rings. The summed E-state index contributed by atoms with van der Waals surface area (Å²) in [5.41, 5.74) is 8.13. The fourth-order valence-electron chi connectivity index (χ4n) is 3.59. The van der Waals surface area contributed by atoms with Gasteiger partial charge in [0.1, 0.15) is 0 Å². The minimum atomic E-state index is -0.0853. The molecule has 1 atom stereocenters. The Hall–Kier alpha value is -3.53. The highest BCUT2D eigenvalue weighted by Gasteiger charge is 2.16. The van der Waals surface area contributed by atoms with E-state index in [1.807, 2.05) is 37.3 Å². The molecule has 0 aliphatic carbocycles. The number of rotatable bonds is 5. The third kappa shape index (κ3) is 4.48. The number of carbonyl (C=O) groups is 1. The zero-order chi connectivity index (χ0) is 22.0. The van der Waals surface area contributed by atoms with Gasteiger partial charge < -0.3 is 5.32 Å². The first kappa shape index (κ1) is 20.7. The minimum Gasteiger partial charge on any atom is -0.350 e. The maximum Gasteiger partial charge on any atom is 0.251 e. The lowest BCUT2D eigenvalue weighted by Crippen LogP contribution is -2.31. The van der Waals surface area contributed by atoms with Crippen LogP contribution in [0.15, 0.2) is 66.7 Å². The Morgan fingerprint density at radius 3 is 1.97 bits per heavy atom. The number of carbonyl (C=O) groups excluding carboxylic acids is 1. The number of hydrogen-bond donors (Lipinski definition) is 1. The average Bonchev–Trinajstić information content (AvgIpc) is 2.77. The molecule has 31 heavy (non-hydrogen) atoms. The third-order valence-electron chi connectivity index (χ3n) is 5.50. The van der Waals surface area contributed by atoms with Crippen molar-refractivity contribution in [1.29, 1.82) is 0 Å². The standard InChI is InChI=1S/C27H27N3O/c1-5-19(4)28-27(31)22-12-13-23-24(16-22)30-26(21-11-7-9-18(3)15-21)25(29-23)20-10-6-8-17(2)14-20/h6-16,19H,5H2,1-4H3,(H,28,31)/t19-/m1/s1. The van der Waals surface area contributed by atoms with Gasteiger partial charge in [0, 0.05) is 22.7 Å². The Kier molecular flexibility index (Phi) is 5.81. The smallest absolute Gasteiger partial charge is 0.251 e. The normalized spacial score (nSPS) is 12.0. The SMILES string of the molecule is CC[C@@H](C)NC(=O)c1ccc2nc(-c3cccc(C)c3)c(-c3cccc(C)c3)nc2c1. The predicted molar refractivity (Wildman–Crippen MR) is 127 cm³/mol. The number of nitrogens with zero attached hydrogens (tertiary/aromatic N) is 2. The van der Waals surface area contributed by atoms with Crippen LogP contribution in [0.3, 0.4) is 0 Å². The first-order valence-corrected chi connectivity index (χ1v) is 10.7. The maximum absolute atomic E-state index is 12.6. The number of aryl methyl sites for hydroxylation is 2. The fourth-order valence-corrected chi connectivity index (χ4v) is 3.59. The molecule has 4 rings (SSSR count). The summed E-state index contributed by atoms with van der Waals surface area (Å²) in [6.45, 7) is 8.20. The summed E-state index contributed by atoms with van der Waals surface area (Å²) in [6, 6.07) is 22.3. The molecular formula is C27H27N3O. The third-order valence-corrected chi connectivity index (χ3v) is 5.50. The number of amides is 1. The molecule has 3 aromatic carbocycles. The van der Waals surface area contributed by atoms with Gasteiger partial charge in [0.2, 0.25) is 0 Å². The monoisotopic (exact) mass is 409 g/mol. The predicted octanol–water partition coefficient (Wildman–Crippen LogP) is 6.11. The average molecular weight is 410 g/mol. The van der Waals surface area contributed by atoms with E-state index in [0.29, 0.717) is 11.1 Å². The van der Waals surface area contributed by atoms with Crippen molar-refractivity contribution in [3.05, 3.63) is 83.4 Å². The molecule has 0 spiro atoms. The van der Waals surface area contributed by atoms with E-state index in [9.17, 15) is 4.79 Å². The number of aromatic nitrogens is 2. The van der Waals surface area contributed by atoms with Gasteiger partial charge >= 0.3 is 0 Å². The molecule has 1 heterocycles. The van der Waals surface area contributed by atoms with Gasteiger partial charge in [0.25, 0.3) is 5.91 Å². The second kappa shape index (κ2) is 8.68. The van der Waals surface area contributed by atoms with Gasteiger partial charge in [-0.3, -0.25) is 4.79 Å².